The van der Waals surface area contributed by atoms with E-state index in [9.17, 15) is 23.5 Å². The van der Waals surface area contributed by atoms with Gasteiger partial charge in [0, 0.05) is 0 Å². The van der Waals surface area contributed by atoms with Crippen molar-refractivity contribution in [2.24, 2.45) is 0 Å². The molecule has 1 aliphatic rings. The molecule has 142 valence electrons. The molecule has 1 N–H and O–H groups in total. The second-order valence-corrected chi connectivity index (χ2v) is 5.86. The third-order valence-corrected chi connectivity index (χ3v) is 3.98. The number of halogens is 2. The minimum Gasteiger partial charge on any atom is -0.459 e. The predicted octanol–water partition coefficient (Wildman–Crippen LogP) is 2.42. The lowest BCUT2D eigenvalue weighted by atomic mass is 10.1. The quantitative estimate of drug-likeness (QED) is 0.805. The summed E-state index contributed by atoms with van der Waals surface area (Å²) in [6.45, 7) is -0.618. The Hall–Kier alpha value is -2.84. The van der Waals surface area contributed by atoms with Crippen molar-refractivity contribution in [2.75, 3.05) is 6.61 Å². The highest BCUT2D eigenvalue weighted by Crippen LogP contribution is 2.37. The maximum absolute atomic E-state index is 14.2. The van der Waals surface area contributed by atoms with Crippen LogP contribution >= 0.6 is 0 Å². The molecule has 1 aliphatic heterocycles. The van der Waals surface area contributed by atoms with Crippen molar-refractivity contribution in [1.82, 2.24) is 0 Å². The van der Waals surface area contributed by atoms with Crippen LogP contribution in [0.25, 0.3) is 0 Å². The minimum absolute atomic E-state index is 0.0646. The van der Waals surface area contributed by atoms with Gasteiger partial charge in [0.2, 0.25) is 6.29 Å². The molecule has 1 fully saturated rings. The van der Waals surface area contributed by atoms with Crippen molar-refractivity contribution < 1.29 is 37.7 Å². The summed E-state index contributed by atoms with van der Waals surface area (Å²) in [5.74, 6) is -5.61. The van der Waals surface area contributed by atoms with Gasteiger partial charge in [-0.15, -0.1) is 0 Å². The molecule has 1 saturated heterocycles. The zero-order valence-electron chi connectivity index (χ0n) is 14.0. The molecule has 0 radical (unpaired) electrons. The highest BCUT2D eigenvalue weighted by Gasteiger charge is 2.61. The smallest absolute Gasteiger partial charge is 0.338 e. The summed E-state index contributed by atoms with van der Waals surface area (Å²) in [4.78, 5) is 24.1. The van der Waals surface area contributed by atoms with Crippen molar-refractivity contribution in [2.45, 2.75) is 24.4 Å². The molecule has 0 spiro atoms. The van der Waals surface area contributed by atoms with E-state index in [-0.39, 0.29) is 11.1 Å². The molecule has 2 aromatic rings. The second-order valence-electron chi connectivity index (χ2n) is 5.86. The largest absolute Gasteiger partial charge is 0.459 e. The van der Waals surface area contributed by atoms with E-state index in [4.69, 9.17) is 14.2 Å². The maximum Gasteiger partial charge on any atom is 0.338 e. The number of alkyl halides is 2. The van der Waals surface area contributed by atoms with Crippen LogP contribution in [0.3, 0.4) is 0 Å². The summed E-state index contributed by atoms with van der Waals surface area (Å²) >= 11 is 0. The van der Waals surface area contributed by atoms with Gasteiger partial charge in [-0.25, -0.2) is 9.59 Å². The molecular weight excluding hydrogens is 362 g/mol. The van der Waals surface area contributed by atoms with E-state index in [0.717, 1.165) is 0 Å². The Balaban J connectivity index is 1.69. The van der Waals surface area contributed by atoms with Gasteiger partial charge in [0.15, 0.2) is 6.10 Å². The molecule has 0 saturated carbocycles. The van der Waals surface area contributed by atoms with Gasteiger partial charge in [0.05, 0.1) is 11.1 Å². The fourth-order valence-electron chi connectivity index (χ4n) is 2.57. The van der Waals surface area contributed by atoms with Gasteiger partial charge in [-0.3, -0.25) is 0 Å². The molecule has 2 aromatic carbocycles. The van der Waals surface area contributed by atoms with Crippen LogP contribution in [0.1, 0.15) is 20.7 Å². The Labute approximate surface area is 153 Å². The van der Waals surface area contributed by atoms with E-state index in [2.05, 4.69) is 0 Å². The van der Waals surface area contributed by atoms with Gasteiger partial charge in [-0.1, -0.05) is 36.4 Å². The standard InChI is InChI=1S/C19H16F2O6/c20-19(21)15(27-17(23)13-9-5-2-6-10-13)14(26-18(19)24)11-25-16(22)12-7-3-1-4-8-12/h1-10,14-15,18,24H,11H2/t14-,15+,18-/m0/s1. The lowest BCUT2D eigenvalue weighted by molar-refractivity contribution is -0.199. The zero-order valence-corrected chi connectivity index (χ0v) is 14.0. The molecule has 8 heteroatoms. The van der Waals surface area contributed by atoms with Crippen LogP contribution in [0.5, 0.6) is 0 Å². The lowest BCUT2D eigenvalue weighted by Crippen LogP contribution is -2.44. The molecule has 0 aromatic heterocycles. The first-order valence-corrected chi connectivity index (χ1v) is 8.09. The first kappa shape index (κ1) is 18.9. The van der Waals surface area contributed by atoms with E-state index in [1.54, 1.807) is 36.4 Å². The molecule has 6 nitrogen and oxygen atoms in total. The number of carbonyl (C=O) groups excluding carboxylic acids is 2. The van der Waals surface area contributed by atoms with Crippen molar-refractivity contribution >= 4 is 11.9 Å². The third kappa shape index (κ3) is 4.12. The Morgan fingerprint density at radius 3 is 2.04 bits per heavy atom. The van der Waals surface area contributed by atoms with Gasteiger partial charge >= 0.3 is 17.9 Å². The summed E-state index contributed by atoms with van der Waals surface area (Å²) in [7, 11) is 0. The van der Waals surface area contributed by atoms with E-state index in [1.165, 1.54) is 24.3 Å². The molecule has 1 heterocycles. The summed E-state index contributed by atoms with van der Waals surface area (Å²) in [5, 5.41) is 9.46. The molecule has 0 unspecified atom stereocenters. The summed E-state index contributed by atoms with van der Waals surface area (Å²) in [6, 6.07) is 15.5. The first-order chi connectivity index (χ1) is 12.9. The van der Waals surface area contributed by atoms with Crippen LogP contribution in [-0.4, -0.2) is 48.1 Å². The molecule has 0 amide bonds. The predicted molar refractivity (Wildman–Crippen MR) is 88.2 cm³/mol. The van der Waals surface area contributed by atoms with Gasteiger partial charge in [0.1, 0.15) is 12.7 Å². The lowest BCUT2D eigenvalue weighted by Gasteiger charge is -2.22. The number of hydrogen-bond acceptors (Lipinski definition) is 6. The monoisotopic (exact) mass is 378 g/mol. The number of carbonyl (C=O) groups is 2. The van der Waals surface area contributed by atoms with Gasteiger partial charge in [-0.05, 0) is 24.3 Å². The van der Waals surface area contributed by atoms with E-state index in [1.807, 2.05) is 0 Å². The topological polar surface area (TPSA) is 82.1 Å². The number of esters is 2. The Kier molecular flexibility index (Phi) is 5.48. The number of ether oxygens (including phenoxy) is 3. The van der Waals surface area contributed by atoms with E-state index < -0.39 is 43.0 Å². The fourth-order valence-corrected chi connectivity index (χ4v) is 2.57. The number of hydrogen-bond donors (Lipinski definition) is 1. The average molecular weight is 378 g/mol. The molecule has 3 rings (SSSR count). The zero-order chi connectivity index (χ0) is 19.4. The summed E-state index contributed by atoms with van der Waals surface area (Å²) < 4.78 is 43.0. The number of aliphatic hydroxyl groups is 1. The minimum atomic E-state index is -3.85. The normalized spacial score (nSPS) is 23.6. The van der Waals surface area contributed by atoms with Crippen LogP contribution in [-0.2, 0) is 14.2 Å². The van der Waals surface area contributed by atoms with Crippen LogP contribution < -0.4 is 0 Å². The highest BCUT2D eigenvalue weighted by atomic mass is 19.3. The first-order valence-electron chi connectivity index (χ1n) is 8.09. The van der Waals surface area contributed by atoms with Crippen molar-refractivity contribution in [1.29, 1.82) is 0 Å². The Morgan fingerprint density at radius 1 is 0.963 bits per heavy atom. The van der Waals surface area contributed by atoms with Crippen molar-refractivity contribution in [3.8, 4) is 0 Å². The van der Waals surface area contributed by atoms with Crippen LogP contribution in [0.15, 0.2) is 60.7 Å². The average Bonchev–Trinajstić information content (AvgIpc) is 2.90. The molecule has 0 bridgehead atoms. The summed E-state index contributed by atoms with van der Waals surface area (Å²) in [6.07, 6.45) is -6.11. The number of rotatable bonds is 5. The Morgan fingerprint density at radius 2 is 1.48 bits per heavy atom. The Bertz CT molecular complexity index is 796. The van der Waals surface area contributed by atoms with E-state index >= 15 is 0 Å². The van der Waals surface area contributed by atoms with Gasteiger partial charge in [-0.2, -0.15) is 8.78 Å². The summed E-state index contributed by atoms with van der Waals surface area (Å²) in [5.41, 5.74) is 0.287. The number of benzene rings is 2. The molecule has 0 aliphatic carbocycles. The SMILES string of the molecule is O=C(OC[C@@H]1O[C@H](O)C(F)(F)[C@@H]1OC(=O)c1ccccc1)c1ccccc1. The second kappa shape index (κ2) is 7.81. The van der Waals surface area contributed by atoms with Crippen LogP contribution in [0.2, 0.25) is 0 Å². The van der Waals surface area contributed by atoms with Gasteiger partial charge in [0.25, 0.3) is 0 Å². The highest BCUT2D eigenvalue weighted by molar-refractivity contribution is 5.90. The van der Waals surface area contributed by atoms with Crippen molar-refractivity contribution in [3.63, 3.8) is 0 Å². The molecular formula is C19H16F2O6. The van der Waals surface area contributed by atoms with Crippen molar-refractivity contribution in [3.05, 3.63) is 71.8 Å². The van der Waals surface area contributed by atoms with Crippen LogP contribution in [0, 0.1) is 0 Å². The fraction of sp³-hybridized carbons (Fsp3) is 0.263. The molecule has 3 atom stereocenters. The van der Waals surface area contributed by atoms with E-state index in [0.29, 0.717) is 0 Å². The molecule has 27 heavy (non-hydrogen) atoms. The maximum atomic E-state index is 14.2. The number of aliphatic hydroxyl groups excluding tert-OH is 1. The van der Waals surface area contributed by atoms with Crippen LogP contribution in [0.4, 0.5) is 8.78 Å². The third-order valence-electron chi connectivity index (χ3n) is 3.98. The van der Waals surface area contributed by atoms with Gasteiger partial charge < -0.3 is 19.3 Å².